The Morgan fingerprint density at radius 2 is 1.84 bits per heavy atom. The maximum atomic E-state index is 12.8. The molecule has 0 bridgehead atoms. The molecule has 7 nitrogen and oxygen atoms in total. The summed E-state index contributed by atoms with van der Waals surface area (Å²) in [6.07, 6.45) is 2.95. The zero-order chi connectivity index (χ0) is 23.8. The van der Waals surface area contributed by atoms with Gasteiger partial charge in [-0.15, -0.1) is 0 Å². The van der Waals surface area contributed by atoms with Crippen LogP contribution in [0.25, 0.3) is 21.7 Å². The van der Waals surface area contributed by atoms with Gasteiger partial charge in [0.1, 0.15) is 12.4 Å². The number of carbonyl (C=O) groups is 1. The lowest BCUT2D eigenvalue weighted by Crippen LogP contribution is -2.61. The second-order valence-electron chi connectivity index (χ2n) is 10.1. The van der Waals surface area contributed by atoms with Gasteiger partial charge < -0.3 is 14.4 Å². The molecule has 1 atom stereocenters. The number of aryl methyl sites for hydroxylation is 1. The van der Waals surface area contributed by atoms with Crippen LogP contribution >= 0.6 is 0 Å². The third kappa shape index (κ3) is 4.42. The predicted molar refractivity (Wildman–Crippen MR) is 127 cm³/mol. The number of nitrogens with zero attached hydrogens (tertiary/aromatic N) is 3. The molecule has 172 valence electrons. The number of hydrogen-bond acceptors (Lipinski definition) is 4. The van der Waals surface area contributed by atoms with Crippen LogP contribution in [0, 0.1) is 5.92 Å². The summed E-state index contributed by atoms with van der Waals surface area (Å²) in [4.78, 5) is 30.5. The van der Waals surface area contributed by atoms with E-state index in [1.165, 1.54) is 4.90 Å². The highest BCUT2D eigenvalue weighted by Crippen LogP contribution is 2.33. The normalized spacial score (nSPS) is 14.0. The summed E-state index contributed by atoms with van der Waals surface area (Å²) in [6.45, 7) is 12.0. The van der Waals surface area contributed by atoms with Crippen molar-refractivity contribution in [3.05, 3.63) is 47.0 Å². The van der Waals surface area contributed by atoms with Crippen molar-refractivity contribution in [3.63, 3.8) is 0 Å². The molecule has 3 rings (SSSR count). The number of ether oxygens (including phenoxy) is 1. The molecule has 1 N–H and O–H groups in total. The summed E-state index contributed by atoms with van der Waals surface area (Å²) in [6, 6.07) is 7.48. The molecule has 32 heavy (non-hydrogen) atoms. The molecule has 0 fully saturated rings. The van der Waals surface area contributed by atoms with Crippen LogP contribution in [0.1, 0.15) is 48.0 Å². The number of aromatic nitrogens is 2. The van der Waals surface area contributed by atoms with E-state index in [0.717, 1.165) is 16.3 Å². The summed E-state index contributed by atoms with van der Waals surface area (Å²) >= 11 is 0. The standard InChI is InChI=1S/C25H33N3O4/c1-16(2)13-25(6,28(23(30)31)24(3,4)5)15-32-17-8-9-19-18-10-11-26-14-20(18)22(29)27(7)21(19)12-17/h8-12,14,16H,13,15H2,1-7H3,(H,30,31). The summed E-state index contributed by atoms with van der Waals surface area (Å²) < 4.78 is 7.78. The Balaban J connectivity index is 2.02. The SMILES string of the molecule is CC(C)CC(C)(COc1ccc2c3ccncc3c(=O)n(C)c2c1)N(C(=O)O)C(C)(C)C. The molecule has 0 aliphatic carbocycles. The van der Waals surface area contributed by atoms with Gasteiger partial charge in [-0.25, -0.2) is 4.79 Å². The number of benzene rings is 1. The molecule has 0 aliphatic heterocycles. The second-order valence-corrected chi connectivity index (χ2v) is 10.1. The fraction of sp³-hybridized carbons (Fsp3) is 0.480. The Labute approximate surface area is 188 Å². The molecular weight excluding hydrogens is 406 g/mol. The van der Waals surface area contributed by atoms with Gasteiger partial charge in [-0.1, -0.05) is 13.8 Å². The zero-order valence-electron chi connectivity index (χ0n) is 20.0. The lowest BCUT2D eigenvalue weighted by Gasteiger charge is -2.47. The van der Waals surface area contributed by atoms with Crippen LogP contribution in [0.3, 0.4) is 0 Å². The van der Waals surface area contributed by atoms with Gasteiger partial charge in [0.15, 0.2) is 0 Å². The largest absolute Gasteiger partial charge is 0.491 e. The Hall–Kier alpha value is -3.09. The average Bonchev–Trinajstić information content (AvgIpc) is 2.68. The van der Waals surface area contributed by atoms with Gasteiger partial charge in [-0.3, -0.25) is 14.7 Å². The Morgan fingerprint density at radius 1 is 1.16 bits per heavy atom. The maximum Gasteiger partial charge on any atom is 0.408 e. The molecule has 0 aliphatic rings. The van der Waals surface area contributed by atoms with Crippen molar-refractivity contribution in [1.82, 2.24) is 14.5 Å². The van der Waals surface area contributed by atoms with Crippen LogP contribution in [0.5, 0.6) is 5.75 Å². The lowest BCUT2D eigenvalue weighted by atomic mass is 9.86. The number of fused-ring (bicyclic) bond motifs is 3. The monoisotopic (exact) mass is 439 g/mol. The molecule has 2 heterocycles. The quantitative estimate of drug-likeness (QED) is 0.544. The van der Waals surface area contributed by atoms with E-state index in [0.29, 0.717) is 17.6 Å². The first-order valence-electron chi connectivity index (χ1n) is 10.9. The van der Waals surface area contributed by atoms with Gasteiger partial charge in [0.05, 0.1) is 16.4 Å². The summed E-state index contributed by atoms with van der Waals surface area (Å²) in [7, 11) is 1.73. The summed E-state index contributed by atoms with van der Waals surface area (Å²) in [5.41, 5.74) is -0.678. The topological polar surface area (TPSA) is 84.7 Å². The van der Waals surface area contributed by atoms with Crippen LogP contribution in [-0.4, -0.2) is 43.3 Å². The minimum atomic E-state index is -0.967. The number of rotatable bonds is 6. The highest BCUT2D eigenvalue weighted by atomic mass is 16.5. The van der Waals surface area contributed by atoms with E-state index in [-0.39, 0.29) is 18.1 Å². The molecule has 0 spiro atoms. The van der Waals surface area contributed by atoms with Gasteiger partial charge >= 0.3 is 6.09 Å². The molecule has 1 unspecified atom stereocenters. The fourth-order valence-corrected chi connectivity index (χ4v) is 4.86. The Kier molecular flexibility index (Phi) is 6.22. The molecule has 1 aromatic carbocycles. The van der Waals surface area contributed by atoms with Gasteiger partial charge in [-0.05, 0) is 63.6 Å². The number of carboxylic acid groups (broad SMARTS) is 1. The summed E-state index contributed by atoms with van der Waals surface area (Å²) in [5, 5.41) is 12.3. The van der Waals surface area contributed by atoms with Crippen molar-refractivity contribution in [1.29, 1.82) is 0 Å². The third-order valence-corrected chi connectivity index (χ3v) is 5.78. The van der Waals surface area contributed by atoms with Gasteiger partial charge in [-0.2, -0.15) is 0 Å². The second kappa shape index (κ2) is 8.45. The van der Waals surface area contributed by atoms with Crippen LogP contribution in [0.15, 0.2) is 41.5 Å². The Bertz CT molecular complexity index is 1210. The smallest absolute Gasteiger partial charge is 0.408 e. The maximum absolute atomic E-state index is 12.8. The van der Waals surface area contributed by atoms with E-state index in [1.54, 1.807) is 24.0 Å². The molecule has 2 aromatic heterocycles. The fourth-order valence-electron chi connectivity index (χ4n) is 4.86. The minimum absolute atomic E-state index is 0.118. The van der Waals surface area contributed by atoms with E-state index in [2.05, 4.69) is 18.8 Å². The lowest BCUT2D eigenvalue weighted by molar-refractivity contribution is -0.0108. The van der Waals surface area contributed by atoms with E-state index < -0.39 is 17.2 Å². The first kappa shape index (κ1) is 23.6. The molecule has 0 saturated heterocycles. The van der Waals surface area contributed by atoms with Crippen molar-refractivity contribution < 1.29 is 14.6 Å². The van der Waals surface area contributed by atoms with Gasteiger partial charge in [0, 0.05) is 36.4 Å². The summed E-state index contributed by atoms with van der Waals surface area (Å²) in [5.74, 6) is 0.875. The number of hydrogen-bond donors (Lipinski definition) is 1. The van der Waals surface area contributed by atoms with Gasteiger partial charge in [0.25, 0.3) is 5.56 Å². The molecule has 0 radical (unpaired) electrons. The van der Waals surface area contributed by atoms with Crippen LogP contribution < -0.4 is 10.3 Å². The highest BCUT2D eigenvalue weighted by Gasteiger charge is 2.43. The van der Waals surface area contributed by atoms with Crippen molar-refractivity contribution in [2.75, 3.05) is 6.61 Å². The van der Waals surface area contributed by atoms with Crippen molar-refractivity contribution >= 4 is 27.8 Å². The first-order valence-corrected chi connectivity index (χ1v) is 10.9. The molecule has 3 aromatic rings. The average molecular weight is 440 g/mol. The first-order chi connectivity index (χ1) is 14.8. The zero-order valence-corrected chi connectivity index (χ0v) is 20.0. The number of amides is 1. The Morgan fingerprint density at radius 3 is 2.44 bits per heavy atom. The van der Waals surface area contributed by atoms with E-state index >= 15 is 0 Å². The van der Waals surface area contributed by atoms with Crippen molar-refractivity contribution in [3.8, 4) is 5.75 Å². The van der Waals surface area contributed by atoms with Crippen molar-refractivity contribution in [2.45, 2.75) is 59.0 Å². The van der Waals surface area contributed by atoms with Crippen LogP contribution in [0.4, 0.5) is 4.79 Å². The van der Waals surface area contributed by atoms with Crippen LogP contribution in [0.2, 0.25) is 0 Å². The van der Waals surface area contributed by atoms with E-state index in [9.17, 15) is 14.7 Å². The van der Waals surface area contributed by atoms with Gasteiger partial charge in [0.2, 0.25) is 0 Å². The molecule has 1 amide bonds. The number of pyridine rings is 2. The van der Waals surface area contributed by atoms with Crippen LogP contribution in [-0.2, 0) is 7.05 Å². The van der Waals surface area contributed by atoms with Crippen molar-refractivity contribution in [2.24, 2.45) is 13.0 Å². The van der Waals surface area contributed by atoms with E-state index in [1.807, 2.05) is 52.0 Å². The third-order valence-electron chi connectivity index (χ3n) is 5.78. The van der Waals surface area contributed by atoms with E-state index in [4.69, 9.17) is 4.74 Å². The minimum Gasteiger partial charge on any atom is -0.491 e. The predicted octanol–water partition coefficient (Wildman–Crippen LogP) is 5.05. The molecule has 7 heteroatoms. The highest BCUT2D eigenvalue weighted by molar-refractivity contribution is 6.05. The molecule has 0 saturated carbocycles. The molecular formula is C25H33N3O4.